The Bertz CT molecular complexity index is 866. The molecule has 3 rings (SSSR count). The second-order valence-corrected chi connectivity index (χ2v) is 6.37. The van der Waals surface area contributed by atoms with Crippen LogP contribution < -0.4 is 0 Å². The lowest BCUT2D eigenvalue weighted by atomic mass is 9.88. The van der Waals surface area contributed by atoms with Crippen molar-refractivity contribution in [1.29, 1.82) is 0 Å². The molecular weight excluding hydrogens is 312 g/mol. The number of allylic oxidation sites excluding steroid dienone is 2. The highest BCUT2D eigenvalue weighted by atomic mass is 14.2. The summed E-state index contributed by atoms with van der Waals surface area (Å²) < 4.78 is 0. The largest absolute Gasteiger partial charge is 0.0842 e. The van der Waals surface area contributed by atoms with Crippen molar-refractivity contribution in [2.75, 3.05) is 0 Å². The summed E-state index contributed by atoms with van der Waals surface area (Å²) in [5, 5.41) is 0. The van der Waals surface area contributed by atoms with Gasteiger partial charge < -0.3 is 0 Å². The summed E-state index contributed by atoms with van der Waals surface area (Å²) in [6.07, 6.45) is 6.44. The Morgan fingerprint density at radius 1 is 0.654 bits per heavy atom. The van der Waals surface area contributed by atoms with E-state index in [4.69, 9.17) is 0 Å². The van der Waals surface area contributed by atoms with Gasteiger partial charge in [-0.15, -0.1) is 0 Å². The third-order valence-electron chi connectivity index (χ3n) is 4.59. The molecule has 0 N–H and O–H groups in total. The second kappa shape index (κ2) is 9.01. The minimum absolute atomic E-state index is 0.992. The first-order valence-corrected chi connectivity index (χ1v) is 9.44. The SMILES string of the molecule is CC/C=C/c1ccc(/C(=C(/CC)c2ccccc2)c2ccccc2)cc1. The van der Waals surface area contributed by atoms with E-state index in [0.29, 0.717) is 0 Å². The highest BCUT2D eigenvalue weighted by molar-refractivity contribution is 5.98. The van der Waals surface area contributed by atoms with Gasteiger partial charge in [0.2, 0.25) is 0 Å². The molecule has 3 aromatic rings. The number of rotatable bonds is 6. The highest BCUT2D eigenvalue weighted by Crippen LogP contribution is 2.34. The Morgan fingerprint density at radius 3 is 1.73 bits per heavy atom. The second-order valence-electron chi connectivity index (χ2n) is 6.37. The van der Waals surface area contributed by atoms with Crippen molar-refractivity contribution in [1.82, 2.24) is 0 Å². The minimum Gasteiger partial charge on any atom is -0.0842 e. The molecule has 0 nitrogen and oxygen atoms in total. The normalized spacial score (nSPS) is 12.2. The summed E-state index contributed by atoms with van der Waals surface area (Å²) in [5.74, 6) is 0. The van der Waals surface area contributed by atoms with Crippen LogP contribution >= 0.6 is 0 Å². The van der Waals surface area contributed by atoms with Gasteiger partial charge >= 0.3 is 0 Å². The summed E-state index contributed by atoms with van der Waals surface area (Å²) in [6, 6.07) is 30.4. The van der Waals surface area contributed by atoms with Crippen LogP contribution in [0.25, 0.3) is 17.2 Å². The van der Waals surface area contributed by atoms with Crippen molar-refractivity contribution in [3.8, 4) is 0 Å². The molecule has 0 bridgehead atoms. The zero-order chi connectivity index (χ0) is 18.2. The molecule has 0 saturated heterocycles. The Hall–Kier alpha value is -2.86. The lowest BCUT2D eigenvalue weighted by Crippen LogP contribution is -1.95. The third-order valence-corrected chi connectivity index (χ3v) is 4.59. The first-order chi connectivity index (χ1) is 12.8. The van der Waals surface area contributed by atoms with E-state index in [1.807, 2.05) is 0 Å². The van der Waals surface area contributed by atoms with E-state index in [2.05, 4.69) is 111 Å². The summed E-state index contributed by atoms with van der Waals surface area (Å²) in [7, 11) is 0. The van der Waals surface area contributed by atoms with Crippen molar-refractivity contribution >= 4 is 17.2 Å². The van der Waals surface area contributed by atoms with Crippen molar-refractivity contribution in [2.24, 2.45) is 0 Å². The fraction of sp³-hybridized carbons (Fsp3) is 0.154. The number of hydrogen-bond donors (Lipinski definition) is 0. The van der Waals surface area contributed by atoms with Gasteiger partial charge in [-0.25, -0.2) is 0 Å². The molecule has 130 valence electrons. The molecule has 0 aliphatic carbocycles. The van der Waals surface area contributed by atoms with Crippen LogP contribution in [-0.2, 0) is 0 Å². The molecule has 26 heavy (non-hydrogen) atoms. The molecule has 0 heteroatoms. The maximum atomic E-state index is 2.25. The van der Waals surface area contributed by atoms with E-state index in [1.54, 1.807) is 0 Å². The minimum atomic E-state index is 0.992. The van der Waals surface area contributed by atoms with E-state index in [0.717, 1.165) is 12.8 Å². The zero-order valence-electron chi connectivity index (χ0n) is 15.7. The van der Waals surface area contributed by atoms with E-state index in [1.165, 1.54) is 33.4 Å². The van der Waals surface area contributed by atoms with Gasteiger partial charge in [-0.1, -0.05) is 111 Å². The molecule has 0 amide bonds. The van der Waals surface area contributed by atoms with Crippen molar-refractivity contribution in [2.45, 2.75) is 26.7 Å². The summed E-state index contributed by atoms with van der Waals surface area (Å²) in [6.45, 7) is 4.40. The molecule has 0 heterocycles. The molecule has 0 saturated carbocycles. The van der Waals surface area contributed by atoms with Crippen molar-refractivity contribution < 1.29 is 0 Å². The first-order valence-electron chi connectivity index (χ1n) is 9.44. The van der Waals surface area contributed by atoms with Crippen LogP contribution in [0.5, 0.6) is 0 Å². The molecule has 3 aromatic carbocycles. The van der Waals surface area contributed by atoms with Gasteiger partial charge in [0.05, 0.1) is 0 Å². The lowest BCUT2D eigenvalue weighted by Gasteiger charge is -2.16. The van der Waals surface area contributed by atoms with Crippen LogP contribution in [0, 0.1) is 0 Å². The Kier molecular flexibility index (Phi) is 6.22. The van der Waals surface area contributed by atoms with Crippen molar-refractivity contribution in [3.05, 3.63) is 113 Å². The quantitative estimate of drug-likeness (QED) is 0.409. The summed E-state index contributed by atoms with van der Waals surface area (Å²) in [5.41, 5.74) is 7.79. The van der Waals surface area contributed by atoms with E-state index in [-0.39, 0.29) is 0 Å². The predicted molar refractivity (Wildman–Crippen MR) is 115 cm³/mol. The van der Waals surface area contributed by atoms with E-state index < -0.39 is 0 Å². The smallest absolute Gasteiger partial charge is 0.00735 e. The third kappa shape index (κ3) is 4.21. The van der Waals surface area contributed by atoms with Crippen LogP contribution in [0.4, 0.5) is 0 Å². The lowest BCUT2D eigenvalue weighted by molar-refractivity contribution is 1.23. The van der Waals surface area contributed by atoms with Gasteiger partial charge in [0, 0.05) is 0 Å². The van der Waals surface area contributed by atoms with Gasteiger partial charge in [0.1, 0.15) is 0 Å². The number of hydrogen-bond acceptors (Lipinski definition) is 0. The maximum absolute atomic E-state index is 2.25. The van der Waals surface area contributed by atoms with Crippen LogP contribution in [-0.4, -0.2) is 0 Å². The molecule has 0 aliphatic heterocycles. The Morgan fingerprint density at radius 2 is 1.19 bits per heavy atom. The molecule has 0 aromatic heterocycles. The molecule has 0 spiro atoms. The monoisotopic (exact) mass is 338 g/mol. The average molecular weight is 338 g/mol. The molecule has 0 radical (unpaired) electrons. The standard InChI is InChI=1S/C26H26/c1-3-5-12-21-17-19-24(20-18-21)26(23-15-10-7-11-16-23)25(4-2)22-13-8-6-9-14-22/h5-20H,3-4H2,1-2H3/b12-5+,26-25-. The summed E-state index contributed by atoms with van der Waals surface area (Å²) >= 11 is 0. The molecule has 0 aliphatic rings. The fourth-order valence-corrected chi connectivity index (χ4v) is 3.30. The van der Waals surface area contributed by atoms with Crippen LogP contribution in [0.3, 0.4) is 0 Å². The highest BCUT2D eigenvalue weighted by Gasteiger charge is 2.12. The van der Waals surface area contributed by atoms with Gasteiger partial charge in [0.25, 0.3) is 0 Å². The Labute approximate surface area is 157 Å². The summed E-state index contributed by atoms with van der Waals surface area (Å²) in [4.78, 5) is 0. The average Bonchev–Trinajstić information content (AvgIpc) is 2.72. The van der Waals surface area contributed by atoms with Crippen LogP contribution in [0.1, 0.15) is 48.9 Å². The molecular formula is C26H26. The molecule has 0 atom stereocenters. The van der Waals surface area contributed by atoms with Crippen molar-refractivity contribution in [3.63, 3.8) is 0 Å². The molecule has 0 unspecified atom stereocenters. The topological polar surface area (TPSA) is 0 Å². The van der Waals surface area contributed by atoms with E-state index in [9.17, 15) is 0 Å². The Balaban J connectivity index is 2.16. The van der Waals surface area contributed by atoms with Crippen LogP contribution in [0.2, 0.25) is 0 Å². The number of benzene rings is 3. The van der Waals surface area contributed by atoms with Gasteiger partial charge in [-0.3, -0.25) is 0 Å². The van der Waals surface area contributed by atoms with Crippen LogP contribution in [0.15, 0.2) is 91.0 Å². The van der Waals surface area contributed by atoms with Gasteiger partial charge in [0.15, 0.2) is 0 Å². The zero-order valence-corrected chi connectivity index (χ0v) is 15.7. The van der Waals surface area contributed by atoms with E-state index >= 15 is 0 Å². The maximum Gasteiger partial charge on any atom is -0.00735 e. The van der Waals surface area contributed by atoms with Gasteiger partial charge in [-0.05, 0) is 46.2 Å². The first kappa shape index (κ1) is 17.9. The predicted octanol–water partition coefficient (Wildman–Crippen LogP) is 7.48. The fourth-order valence-electron chi connectivity index (χ4n) is 3.30. The van der Waals surface area contributed by atoms with Gasteiger partial charge in [-0.2, -0.15) is 0 Å². The molecule has 0 fully saturated rings.